The van der Waals surface area contributed by atoms with Gasteiger partial charge in [0.2, 0.25) is 0 Å². The lowest BCUT2D eigenvalue weighted by atomic mass is 9.95. The Balaban J connectivity index is 1.49. The molecule has 164 valence electrons. The van der Waals surface area contributed by atoms with Crippen molar-refractivity contribution in [2.45, 2.75) is 38.1 Å². The number of ether oxygens (including phenoxy) is 1. The van der Waals surface area contributed by atoms with E-state index in [1.165, 1.54) is 36.8 Å². The zero-order valence-corrected chi connectivity index (χ0v) is 17.9. The maximum atomic E-state index is 12.2. The van der Waals surface area contributed by atoms with Gasteiger partial charge in [0.25, 0.3) is 15.9 Å². The summed E-state index contributed by atoms with van der Waals surface area (Å²) in [7, 11) is -3.70. The molecule has 1 saturated carbocycles. The largest absolute Gasteiger partial charge is 0.452 e. The Labute approximate surface area is 182 Å². The van der Waals surface area contributed by atoms with Crippen LogP contribution < -0.4 is 10.0 Å². The van der Waals surface area contributed by atoms with Crippen molar-refractivity contribution in [1.29, 1.82) is 0 Å². The van der Waals surface area contributed by atoms with E-state index in [0.29, 0.717) is 5.69 Å². The maximum absolute atomic E-state index is 12.2. The van der Waals surface area contributed by atoms with E-state index in [4.69, 9.17) is 4.74 Å². The molecule has 31 heavy (non-hydrogen) atoms. The summed E-state index contributed by atoms with van der Waals surface area (Å²) in [5.74, 6) is -0.952. The Kier molecular flexibility index (Phi) is 7.83. The van der Waals surface area contributed by atoms with Crippen molar-refractivity contribution in [3.05, 3.63) is 71.1 Å². The lowest BCUT2D eigenvalue weighted by molar-refractivity contribution is -0.125. The van der Waals surface area contributed by atoms with Crippen LogP contribution in [0.15, 0.2) is 60.0 Å². The van der Waals surface area contributed by atoms with E-state index < -0.39 is 16.0 Å². The average molecular weight is 443 g/mol. The quantitative estimate of drug-likeness (QED) is 0.607. The molecule has 0 unspecified atom stereocenters. The highest BCUT2D eigenvalue weighted by Gasteiger charge is 2.17. The maximum Gasteiger partial charge on any atom is 0.338 e. The molecule has 0 aliphatic heterocycles. The fraction of sp³-hybridized carbons (Fsp3) is 0.304. The number of nitrogens with one attached hydrogen (secondary N) is 2. The van der Waals surface area contributed by atoms with Crippen LogP contribution in [0.3, 0.4) is 0 Å². The van der Waals surface area contributed by atoms with Crippen LogP contribution >= 0.6 is 0 Å². The van der Waals surface area contributed by atoms with Crippen molar-refractivity contribution in [2.75, 3.05) is 11.3 Å². The Morgan fingerprint density at radius 1 is 0.968 bits per heavy atom. The molecule has 1 aliphatic carbocycles. The number of rotatable bonds is 8. The van der Waals surface area contributed by atoms with Gasteiger partial charge in [0.15, 0.2) is 6.61 Å². The molecule has 0 aromatic heterocycles. The van der Waals surface area contributed by atoms with Gasteiger partial charge in [0.05, 0.1) is 11.0 Å². The number of esters is 1. The predicted molar refractivity (Wildman–Crippen MR) is 120 cm³/mol. The smallest absolute Gasteiger partial charge is 0.338 e. The predicted octanol–water partition coefficient (Wildman–Crippen LogP) is 3.70. The summed E-state index contributed by atoms with van der Waals surface area (Å²) in [6.07, 6.45) is 6.80. The van der Waals surface area contributed by atoms with Gasteiger partial charge >= 0.3 is 5.97 Å². The van der Waals surface area contributed by atoms with Crippen LogP contribution in [0.4, 0.5) is 5.69 Å². The first kappa shape index (κ1) is 22.6. The van der Waals surface area contributed by atoms with Crippen molar-refractivity contribution in [3.8, 4) is 0 Å². The third-order valence-electron chi connectivity index (χ3n) is 4.92. The number of amides is 1. The molecule has 2 N–H and O–H groups in total. The summed E-state index contributed by atoms with van der Waals surface area (Å²) >= 11 is 0. The summed E-state index contributed by atoms with van der Waals surface area (Å²) in [6, 6.07) is 15.0. The van der Waals surface area contributed by atoms with E-state index in [0.717, 1.165) is 36.7 Å². The van der Waals surface area contributed by atoms with Crippen molar-refractivity contribution in [2.24, 2.45) is 0 Å². The molecule has 2 aromatic rings. The fourth-order valence-corrected chi connectivity index (χ4v) is 4.20. The SMILES string of the molecule is O=C(COC(=O)c1ccc(NS(=O)(=O)/C=C/c2ccccc2)cc1)NC1CCCCC1. The summed E-state index contributed by atoms with van der Waals surface area (Å²) in [5, 5.41) is 3.96. The van der Waals surface area contributed by atoms with Crippen LogP contribution in [0, 0.1) is 0 Å². The summed E-state index contributed by atoms with van der Waals surface area (Å²) < 4.78 is 31.9. The molecule has 0 radical (unpaired) electrons. The first-order valence-corrected chi connectivity index (χ1v) is 11.8. The summed E-state index contributed by atoms with van der Waals surface area (Å²) in [4.78, 5) is 24.1. The van der Waals surface area contributed by atoms with Gasteiger partial charge in [-0.25, -0.2) is 13.2 Å². The molecule has 1 amide bonds. The first-order chi connectivity index (χ1) is 14.9. The van der Waals surface area contributed by atoms with Crippen molar-refractivity contribution in [3.63, 3.8) is 0 Å². The second kappa shape index (κ2) is 10.8. The third kappa shape index (κ3) is 7.57. The van der Waals surface area contributed by atoms with Gasteiger partial charge in [0.1, 0.15) is 0 Å². The highest BCUT2D eigenvalue weighted by atomic mass is 32.2. The Bertz CT molecular complexity index is 1010. The Morgan fingerprint density at radius 3 is 2.32 bits per heavy atom. The second-order valence-electron chi connectivity index (χ2n) is 7.42. The van der Waals surface area contributed by atoms with Gasteiger partial charge in [-0.3, -0.25) is 9.52 Å². The minimum Gasteiger partial charge on any atom is -0.452 e. The molecule has 1 fully saturated rings. The summed E-state index contributed by atoms with van der Waals surface area (Å²) in [5.41, 5.74) is 1.30. The Hall–Kier alpha value is -3.13. The van der Waals surface area contributed by atoms with E-state index >= 15 is 0 Å². The molecule has 0 atom stereocenters. The van der Waals surface area contributed by atoms with Gasteiger partial charge in [-0.15, -0.1) is 0 Å². The first-order valence-electron chi connectivity index (χ1n) is 10.2. The van der Waals surface area contributed by atoms with Crippen molar-refractivity contribution >= 4 is 33.7 Å². The van der Waals surface area contributed by atoms with Crippen molar-refractivity contribution < 1.29 is 22.7 Å². The minimum absolute atomic E-state index is 0.156. The second-order valence-corrected chi connectivity index (χ2v) is 8.98. The van der Waals surface area contributed by atoms with Gasteiger partial charge < -0.3 is 10.1 Å². The number of hydrogen-bond acceptors (Lipinski definition) is 5. The minimum atomic E-state index is -3.70. The third-order valence-corrected chi connectivity index (χ3v) is 5.94. The topological polar surface area (TPSA) is 102 Å². The Morgan fingerprint density at radius 2 is 1.65 bits per heavy atom. The van der Waals surface area contributed by atoms with E-state index in [1.54, 1.807) is 12.1 Å². The van der Waals surface area contributed by atoms with Gasteiger partial charge in [-0.2, -0.15) is 0 Å². The van der Waals surface area contributed by atoms with Gasteiger partial charge in [-0.05, 0) is 48.7 Å². The number of carbonyl (C=O) groups is 2. The van der Waals surface area contributed by atoms with Crippen LogP contribution in [-0.2, 0) is 19.6 Å². The average Bonchev–Trinajstić information content (AvgIpc) is 2.78. The van der Waals surface area contributed by atoms with E-state index in [-0.39, 0.29) is 24.1 Å². The molecule has 2 aromatic carbocycles. The standard InChI is InChI=1S/C23H26N2O5S/c26-22(24-20-9-5-2-6-10-20)17-30-23(27)19-11-13-21(14-12-19)25-31(28,29)16-15-18-7-3-1-4-8-18/h1,3-4,7-8,11-16,20,25H,2,5-6,9-10,17H2,(H,24,26)/b16-15+. The molecule has 8 heteroatoms. The molecule has 1 aliphatic rings. The zero-order valence-electron chi connectivity index (χ0n) is 17.1. The molecule has 3 rings (SSSR count). The van der Waals surface area contributed by atoms with Gasteiger partial charge in [-0.1, -0.05) is 49.6 Å². The molecule has 0 bridgehead atoms. The zero-order chi connectivity index (χ0) is 22.1. The van der Waals surface area contributed by atoms with Crippen LogP contribution in [-0.4, -0.2) is 32.9 Å². The van der Waals surface area contributed by atoms with Crippen LogP contribution in [0.2, 0.25) is 0 Å². The molecule has 0 saturated heterocycles. The van der Waals surface area contributed by atoms with E-state index in [9.17, 15) is 18.0 Å². The molecule has 0 heterocycles. The number of hydrogen-bond donors (Lipinski definition) is 2. The highest BCUT2D eigenvalue weighted by molar-refractivity contribution is 7.95. The van der Waals surface area contributed by atoms with Crippen molar-refractivity contribution in [1.82, 2.24) is 5.32 Å². The van der Waals surface area contributed by atoms with Gasteiger partial charge in [0, 0.05) is 11.7 Å². The monoisotopic (exact) mass is 442 g/mol. The molecule has 0 spiro atoms. The number of sulfonamides is 1. The normalized spacial score (nSPS) is 14.8. The van der Waals surface area contributed by atoms with E-state index in [2.05, 4.69) is 10.0 Å². The van der Waals surface area contributed by atoms with Crippen LogP contribution in [0.1, 0.15) is 48.0 Å². The number of carbonyl (C=O) groups excluding carboxylic acids is 2. The highest BCUT2D eigenvalue weighted by Crippen LogP contribution is 2.17. The molecular weight excluding hydrogens is 416 g/mol. The fourth-order valence-electron chi connectivity index (χ4n) is 3.34. The van der Waals surface area contributed by atoms with Crippen LogP contribution in [0.25, 0.3) is 6.08 Å². The number of benzene rings is 2. The lowest BCUT2D eigenvalue weighted by Gasteiger charge is -2.22. The molecule has 7 nitrogen and oxygen atoms in total. The van der Waals surface area contributed by atoms with Crippen LogP contribution in [0.5, 0.6) is 0 Å². The lowest BCUT2D eigenvalue weighted by Crippen LogP contribution is -2.38. The summed E-state index contributed by atoms with van der Waals surface area (Å²) in [6.45, 7) is -0.339. The number of anilines is 1. The van der Waals surface area contributed by atoms with E-state index in [1.807, 2.05) is 18.2 Å². The molecular formula is C23H26N2O5S.